The molecule has 0 aliphatic carbocycles. The number of carbonyl (C=O) groups is 1. The van der Waals surface area contributed by atoms with Gasteiger partial charge in [0.25, 0.3) is 0 Å². The summed E-state index contributed by atoms with van der Waals surface area (Å²) in [5, 5.41) is 6.72. The third kappa shape index (κ3) is 9.89. The lowest BCUT2D eigenvalue weighted by Gasteiger charge is -2.35. The van der Waals surface area contributed by atoms with Crippen LogP contribution in [0.5, 0.6) is 0 Å². The Balaban J connectivity index is 0.00000512. The lowest BCUT2D eigenvalue weighted by atomic mass is 10.2. The van der Waals surface area contributed by atoms with Crippen LogP contribution in [0.1, 0.15) is 40.0 Å². The van der Waals surface area contributed by atoms with Crippen LogP contribution in [0.25, 0.3) is 0 Å². The fourth-order valence-electron chi connectivity index (χ4n) is 3.83. The maximum absolute atomic E-state index is 12.6. The second-order valence-electron chi connectivity index (χ2n) is 8.02. The van der Waals surface area contributed by atoms with Gasteiger partial charge >= 0.3 is 0 Å². The molecule has 182 valence electrons. The van der Waals surface area contributed by atoms with Crippen LogP contribution in [0.15, 0.2) is 29.4 Å². The maximum Gasteiger partial charge on any atom is 0.224 e. The number of guanidine groups is 1. The van der Waals surface area contributed by atoms with Gasteiger partial charge in [0.15, 0.2) is 5.96 Å². The Labute approximate surface area is 211 Å². The molecule has 0 aromatic carbocycles. The van der Waals surface area contributed by atoms with Gasteiger partial charge in [-0.05, 0) is 51.5 Å². The molecule has 1 atom stereocenters. The van der Waals surface area contributed by atoms with E-state index in [0.29, 0.717) is 19.0 Å². The number of carbonyl (C=O) groups excluding carboxylic acids is 1. The summed E-state index contributed by atoms with van der Waals surface area (Å²) in [5.41, 5.74) is 0. The van der Waals surface area contributed by atoms with Crippen LogP contribution >= 0.6 is 24.0 Å². The van der Waals surface area contributed by atoms with Gasteiger partial charge in [-0.1, -0.05) is 19.9 Å². The third-order valence-electron chi connectivity index (χ3n) is 5.85. The summed E-state index contributed by atoms with van der Waals surface area (Å²) in [4.78, 5) is 27.9. The number of hydrogen-bond donors (Lipinski definition) is 2. The minimum Gasteiger partial charge on any atom is -0.356 e. The Kier molecular flexibility index (Phi) is 14.3. The summed E-state index contributed by atoms with van der Waals surface area (Å²) in [6.07, 6.45) is 4.54. The molecular weight excluding hydrogens is 517 g/mol. The van der Waals surface area contributed by atoms with Crippen molar-refractivity contribution in [2.24, 2.45) is 4.99 Å². The van der Waals surface area contributed by atoms with Crippen LogP contribution < -0.4 is 15.5 Å². The fraction of sp³-hybridized carbons (Fsp3) is 0.696. The Hall–Kier alpha value is -1.62. The van der Waals surface area contributed by atoms with Crippen molar-refractivity contribution in [2.75, 3.05) is 64.3 Å². The topological polar surface area (TPSA) is 76.1 Å². The molecule has 0 bridgehead atoms. The molecule has 1 aromatic rings. The third-order valence-corrected chi connectivity index (χ3v) is 5.85. The average molecular weight is 560 g/mol. The number of piperazine rings is 1. The fourth-order valence-corrected chi connectivity index (χ4v) is 3.83. The number of anilines is 1. The lowest BCUT2D eigenvalue weighted by molar-refractivity contribution is -0.131. The van der Waals surface area contributed by atoms with E-state index in [0.717, 1.165) is 70.4 Å². The van der Waals surface area contributed by atoms with E-state index in [2.05, 4.69) is 51.2 Å². The van der Waals surface area contributed by atoms with Crippen molar-refractivity contribution in [3.63, 3.8) is 0 Å². The van der Waals surface area contributed by atoms with Crippen LogP contribution in [-0.2, 0) is 4.79 Å². The highest BCUT2D eigenvalue weighted by molar-refractivity contribution is 14.0. The Morgan fingerprint density at radius 1 is 1.22 bits per heavy atom. The number of nitrogens with one attached hydrogen (secondary N) is 2. The van der Waals surface area contributed by atoms with Crippen molar-refractivity contribution in [3.05, 3.63) is 24.4 Å². The van der Waals surface area contributed by atoms with Crippen molar-refractivity contribution < 1.29 is 4.79 Å². The van der Waals surface area contributed by atoms with E-state index < -0.39 is 0 Å². The maximum atomic E-state index is 12.6. The quantitative estimate of drug-likeness (QED) is 0.247. The summed E-state index contributed by atoms with van der Waals surface area (Å²) < 4.78 is 0. The smallest absolute Gasteiger partial charge is 0.224 e. The van der Waals surface area contributed by atoms with Gasteiger partial charge < -0.3 is 25.3 Å². The van der Waals surface area contributed by atoms with E-state index in [1.165, 1.54) is 0 Å². The molecule has 0 spiro atoms. The van der Waals surface area contributed by atoms with E-state index >= 15 is 0 Å². The Morgan fingerprint density at radius 3 is 2.53 bits per heavy atom. The summed E-state index contributed by atoms with van der Waals surface area (Å²) >= 11 is 0. The predicted octanol–water partition coefficient (Wildman–Crippen LogP) is 2.41. The number of nitrogens with zero attached hydrogens (tertiary/aromatic N) is 5. The Bertz CT molecular complexity index is 662. The van der Waals surface area contributed by atoms with E-state index in [1.54, 1.807) is 7.05 Å². The van der Waals surface area contributed by atoms with Gasteiger partial charge in [-0.15, -0.1) is 24.0 Å². The number of aliphatic imine (C=N–C) groups is 1. The van der Waals surface area contributed by atoms with Crippen molar-refractivity contribution in [2.45, 2.75) is 46.1 Å². The first-order chi connectivity index (χ1) is 15.1. The van der Waals surface area contributed by atoms with Gasteiger partial charge in [0, 0.05) is 58.4 Å². The summed E-state index contributed by atoms with van der Waals surface area (Å²) in [7, 11) is 1.77. The van der Waals surface area contributed by atoms with Gasteiger partial charge in [0.05, 0.1) is 0 Å². The largest absolute Gasteiger partial charge is 0.356 e. The van der Waals surface area contributed by atoms with Crippen LogP contribution in [0.3, 0.4) is 0 Å². The second kappa shape index (κ2) is 16.1. The minimum absolute atomic E-state index is 0. The molecule has 0 radical (unpaired) electrons. The molecule has 2 N–H and O–H groups in total. The molecule has 32 heavy (non-hydrogen) atoms. The zero-order chi connectivity index (χ0) is 22.5. The molecule has 9 heteroatoms. The zero-order valence-corrected chi connectivity index (χ0v) is 22.5. The Morgan fingerprint density at radius 2 is 1.94 bits per heavy atom. The van der Waals surface area contributed by atoms with Crippen LogP contribution in [0.4, 0.5) is 5.82 Å². The average Bonchev–Trinajstić information content (AvgIpc) is 2.81. The van der Waals surface area contributed by atoms with Gasteiger partial charge in [-0.25, -0.2) is 4.98 Å². The van der Waals surface area contributed by atoms with Crippen molar-refractivity contribution in [3.8, 4) is 0 Å². The molecule has 0 saturated carbocycles. The summed E-state index contributed by atoms with van der Waals surface area (Å²) in [5.74, 6) is 1.94. The monoisotopic (exact) mass is 559 g/mol. The lowest BCUT2D eigenvalue weighted by Crippen LogP contribution is -2.50. The number of pyridine rings is 1. The van der Waals surface area contributed by atoms with Gasteiger partial charge in [-0.3, -0.25) is 9.79 Å². The molecule has 1 aromatic heterocycles. The van der Waals surface area contributed by atoms with E-state index in [4.69, 9.17) is 0 Å². The molecule has 2 rings (SSSR count). The molecular formula is C23H42IN7O. The van der Waals surface area contributed by atoms with Crippen molar-refractivity contribution in [1.29, 1.82) is 0 Å². The molecule has 1 aliphatic heterocycles. The molecule has 1 amide bonds. The van der Waals surface area contributed by atoms with Crippen LogP contribution in [0, 0.1) is 0 Å². The van der Waals surface area contributed by atoms with E-state index in [-0.39, 0.29) is 29.9 Å². The molecule has 1 aliphatic rings. The molecule has 1 saturated heterocycles. The number of amides is 1. The molecule has 1 unspecified atom stereocenters. The first kappa shape index (κ1) is 28.4. The van der Waals surface area contributed by atoms with Gasteiger partial charge in [-0.2, -0.15) is 0 Å². The standard InChI is InChI=1S/C23H41N7O.HI/c1-5-28(6-2)15-9-10-20(3)27-23(24-4)26-14-12-22(31)30-18-16-29(17-19-30)21-11-7-8-13-25-21;/h7-8,11,13,20H,5-6,9-10,12,14-19H2,1-4H3,(H2,24,26,27);1H. The van der Waals surface area contributed by atoms with Crippen molar-refractivity contribution in [1.82, 2.24) is 25.4 Å². The SMILES string of the molecule is CCN(CC)CCCC(C)NC(=NC)NCCC(=O)N1CCN(c2ccccn2)CC1.I. The first-order valence-corrected chi connectivity index (χ1v) is 11.7. The van der Waals surface area contributed by atoms with Crippen LogP contribution in [0.2, 0.25) is 0 Å². The summed E-state index contributed by atoms with van der Waals surface area (Å²) in [6, 6.07) is 6.28. The highest BCUT2D eigenvalue weighted by atomic mass is 127. The highest BCUT2D eigenvalue weighted by Gasteiger charge is 2.21. The zero-order valence-electron chi connectivity index (χ0n) is 20.2. The molecule has 2 heterocycles. The molecule has 8 nitrogen and oxygen atoms in total. The van der Waals surface area contributed by atoms with E-state index in [9.17, 15) is 4.79 Å². The van der Waals surface area contributed by atoms with Gasteiger partial charge in [0.1, 0.15) is 5.82 Å². The van der Waals surface area contributed by atoms with E-state index in [1.807, 2.05) is 29.3 Å². The number of hydrogen-bond acceptors (Lipinski definition) is 5. The van der Waals surface area contributed by atoms with Crippen molar-refractivity contribution >= 4 is 41.7 Å². The first-order valence-electron chi connectivity index (χ1n) is 11.7. The molecule has 1 fully saturated rings. The number of halogens is 1. The minimum atomic E-state index is 0. The second-order valence-corrected chi connectivity index (χ2v) is 8.02. The van der Waals surface area contributed by atoms with Gasteiger partial charge in [0.2, 0.25) is 5.91 Å². The predicted molar refractivity (Wildman–Crippen MR) is 144 cm³/mol. The normalized spacial score (nSPS) is 15.3. The number of rotatable bonds is 11. The number of aromatic nitrogens is 1. The summed E-state index contributed by atoms with van der Waals surface area (Å²) in [6.45, 7) is 13.7. The van der Waals surface area contributed by atoms with Crippen LogP contribution in [-0.4, -0.2) is 92.1 Å². The highest BCUT2D eigenvalue weighted by Crippen LogP contribution is 2.12.